The Balaban J connectivity index is -0.000000540. The molecule has 10 heteroatoms. The van der Waals surface area contributed by atoms with Gasteiger partial charge in [0.2, 0.25) is 0 Å². The van der Waals surface area contributed by atoms with Gasteiger partial charge in [0.25, 0.3) is 17.7 Å². The van der Waals surface area contributed by atoms with Crippen molar-refractivity contribution in [3.63, 3.8) is 0 Å². The molecule has 9 radical (unpaired) electrons. The van der Waals surface area contributed by atoms with Crippen LogP contribution >= 0.6 is 0 Å². The standard InChI is InChI=1S/C12H17NO.C11H15NO.C10H12FNO.3B/c1-5-10-6-9(3)11(7-8(10)2)12(14)13-4;1-4-9-5-6-10(7-8(9)2)11(13)12-3;1-3-7-4-5-8(6-9(7)11)10(13)12-2;;;/h6-7H,5H2,1-4H3,(H,13,14);5-7H,4H2,1-3H3,(H,12,13);4-6H,3H2,1-2H3,(H,12,13);;;. The molecule has 0 saturated heterocycles. The van der Waals surface area contributed by atoms with Crippen molar-refractivity contribution in [1.82, 2.24) is 16.0 Å². The molecule has 3 aromatic rings. The molecule has 3 aromatic carbocycles. The van der Waals surface area contributed by atoms with E-state index < -0.39 is 0 Å². The predicted octanol–water partition coefficient (Wildman–Crippen LogP) is 4.75. The van der Waals surface area contributed by atoms with E-state index >= 15 is 0 Å². The molecule has 0 fully saturated rings. The van der Waals surface area contributed by atoms with Crippen molar-refractivity contribution in [2.45, 2.75) is 60.8 Å². The summed E-state index contributed by atoms with van der Waals surface area (Å²) in [7, 11) is 4.82. The first-order chi connectivity index (χ1) is 19.0. The minimum atomic E-state index is -0.316. The van der Waals surface area contributed by atoms with Gasteiger partial charge < -0.3 is 16.0 Å². The fourth-order valence-corrected chi connectivity index (χ4v) is 4.13. The lowest BCUT2D eigenvalue weighted by Gasteiger charge is -2.09. The molecule has 3 N–H and O–H groups in total. The van der Waals surface area contributed by atoms with Gasteiger partial charge in [-0.15, -0.1) is 0 Å². The number of carbonyl (C=O) groups is 3. The maximum absolute atomic E-state index is 13.2. The van der Waals surface area contributed by atoms with Crippen LogP contribution in [0.25, 0.3) is 0 Å². The Labute approximate surface area is 263 Å². The molecule has 0 unspecified atom stereocenters. The van der Waals surface area contributed by atoms with Crippen LogP contribution in [0.5, 0.6) is 0 Å². The summed E-state index contributed by atoms with van der Waals surface area (Å²) in [5, 5.41) is 7.70. The lowest BCUT2D eigenvalue weighted by molar-refractivity contribution is 0.0954. The van der Waals surface area contributed by atoms with Crippen molar-refractivity contribution in [2.75, 3.05) is 21.1 Å². The molecule has 3 rings (SSSR count). The molecule has 0 saturated carbocycles. The van der Waals surface area contributed by atoms with E-state index in [0.717, 1.165) is 29.5 Å². The second kappa shape index (κ2) is 21.8. The lowest BCUT2D eigenvalue weighted by atomic mass is 9.98. The van der Waals surface area contributed by atoms with Crippen LogP contribution < -0.4 is 16.0 Å². The predicted molar refractivity (Wildman–Crippen MR) is 179 cm³/mol. The van der Waals surface area contributed by atoms with Crippen LogP contribution in [-0.4, -0.2) is 64.1 Å². The summed E-state index contributed by atoms with van der Waals surface area (Å²) in [5.74, 6) is -0.607. The minimum absolute atomic E-state index is 0. The van der Waals surface area contributed by atoms with E-state index in [0.29, 0.717) is 17.5 Å². The van der Waals surface area contributed by atoms with Gasteiger partial charge in [-0.05, 0) is 104 Å². The van der Waals surface area contributed by atoms with Crippen molar-refractivity contribution in [3.05, 3.63) is 104 Å². The Hall–Kier alpha value is -3.81. The third kappa shape index (κ3) is 12.9. The summed E-state index contributed by atoms with van der Waals surface area (Å²) >= 11 is 0. The smallest absolute Gasteiger partial charge is 0.251 e. The number of amides is 3. The van der Waals surface area contributed by atoms with E-state index in [2.05, 4.69) is 35.9 Å². The van der Waals surface area contributed by atoms with Crippen molar-refractivity contribution >= 4 is 43.0 Å². The summed E-state index contributed by atoms with van der Waals surface area (Å²) < 4.78 is 13.2. The summed E-state index contributed by atoms with van der Waals surface area (Å²) in [4.78, 5) is 33.8. The number of hydrogen-bond acceptors (Lipinski definition) is 3. The first-order valence-electron chi connectivity index (χ1n) is 13.6. The maximum Gasteiger partial charge on any atom is 0.251 e. The van der Waals surface area contributed by atoms with Crippen molar-refractivity contribution in [1.29, 1.82) is 0 Å². The highest BCUT2D eigenvalue weighted by molar-refractivity contribution is 5.96. The van der Waals surface area contributed by atoms with E-state index in [4.69, 9.17) is 0 Å². The van der Waals surface area contributed by atoms with E-state index in [-0.39, 0.29) is 48.8 Å². The van der Waals surface area contributed by atoms with Crippen LogP contribution in [0.2, 0.25) is 0 Å². The molecular weight excluding hydrogens is 538 g/mol. The largest absolute Gasteiger partial charge is 0.355 e. The molecule has 0 aliphatic heterocycles. The van der Waals surface area contributed by atoms with Crippen LogP contribution in [0.4, 0.5) is 4.39 Å². The molecule has 225 valence electrons. The molecule has 6 nitrogen and oxygen atoms in total. The second-order valence-corrected chi connectivity index (χ2v) is 9.34. The molecule has 3 amide bonds. The highest BCUT2D eigenvalue weighted by Crippen LogP contribution is 2.16. The Kier molecular flexibility index (Phi) is 22.2. The molecule has 0 aromatic heterocycles. The van der Waals surface area contributed by atoms with Gasteiger partial charge in [0.15, 0.2) is 0 Å². The van der Waals surface area contributed by atoms with Gasteiger partial charge in [-0.2, -0.15) is 0 Å². The average Bonchev–Trinajstić information content (AvgIpc) is 2.97. The zero-order valence-corrected chi connectivity index (χ0v) is 27.1. The number of halogens is 1. The quantitative estimate of drug-likeness (QED) is 0.367. The summed E-state index contributed by atoms with van der Waals surface area (Å²) in [6.07, 6.45) is 2.67. The van der Waals surface area contributed by atoms with Crippen LogP contribution in [0.3, 0.4) is 0 Å². The molecule has 0 atom stereocenters. The van der Waals surface area contributed by atoms with Crippen molar-refractivity contribution in [2.24, 2.45) is 0 Å². The molecule has 0 aliphatic carbocycles. The Morgan fingerprint density at radius 1 is 0.558 bits per heavy atom. The molecule has 0 heterocycles. The van der Waals surface area contributed by atoms with Crippen molar-refractivity contribution < 1.29 is 18.8 Å². The van der Waals surface area contributed by atoms with Gasteiger partial charge in [0.1, 0.15) is 5.82 Å². The second-order valence-electron chi connectivity index (χ2n) is 9.34. The van der Waals surface area contributed by atoms with E-state index in [1.807, 2.05) is 52.0 Å². The van der Waals surface area contributed by atoms with Gasteiger partial charge in [0.05, 0.1) is 0 Å². The molecule has 43 heavy (non-hydrogen) atoms. The maximum atomic E-state index is 13.2. The van der Waals surface area contributed by atoms with Gasteiger partial charge in [-0.25, -0.2) is 4.39 Å². The Morgan fingerprint density at radius 2 is 0.977 bits per heavy atom. The molecule has 0 bridgehead atoms. The van der Waals surface area contributed by atoms with Crippen LogP contribution in [0, 0.1) is 26.6 Å². The Morgan fingerprint density at radius 3 is 1.37 bits per heavy atom. The topological polar surface area (TPSA) is 87.3 Å². The summed E-state index contributed by atoms with van der Waals surface area (Å²) in [6, 6.07) is 14.4. The molecule has 0 spiro atoms. The van der Waals surface area contributed by atoms with Crippen LogP contribution in [0.15, 0.2) is 48.5 Å². The van der Waals surface area contributed by atoms with E-state index in [1.165, 1.54) is 35.4 Å². The zero-order chi connectivity index (χ0) is 30.4. The van der Waals surface area contributed by atoms with Gasteiger partial charge in [-0.1, -0.05) is 39.0 Å². The highest BCUT2D eigenvalue weighted by Gasteiger charge is 2.09. The molecular formula is C33H44B3FN3O3. The minimum Gasteiger partial charge on any atom is -0.355 e. The zero-order valence-electron chi connectivity index (χ0n) is 27.1. The van der Waals surface area contributed by atoms with Gasteiger partial charge in [0, 0.05) is 63.1 Å². The fourth-order valence-electron chi connectivity index (χ4n) is 4.13. The van der Waals surface area contributed by atoms with E-state index in [9.17, 15) is 18.8 Å². The SMILES string of the molecule is CCc1cc(C)c(C(=O)NC)cc1C.CCc1ccc(C(=O)NC)cc1C.CCc1ccc(C(=O)NC)cc1F.[B].[B].[B]. The van der Waals surface area contributed by atoms with Crippen molar-refractivity contribution in [3.8, 4) is 0 Å². The fraction of sp³-hybridized carbons (Fsp3) is 0.364. The third-order valence-electron chi connectivity index (χ3n) is 6.67. The monoisotopic (exact) mass is 582 g/mol. The highest BCUT2D eigenvalue weighted by atomic mass is 19.1. The Bertz CT molecular complexity index is 1270. The third-order valence-corrected chi connectivity index (χ3v) is 6.67. The molecule has 0 aliphatic rings. The lowest BCUT2D eigenvalue weighted by Crippen LogP contribution is -2.19. The number of benzene rings is 3. The summed E-state index contributed by atoms with van der Waals surface area (Å²) in [6.45, 7) is 12.2. The van der Waals surface area contributed by atoms with Gasteiger partial charge in [-0.3, -0.25) is 14.4 Å². The van der Waals surface area contributed by atoms with E-state index in [1.54, 1.807) is 26.2 Å². The normalized spacial score (nSPS) is 9.16. The first kappa shape index (κ1) is 43.6. The van der Waals surface area contributed by atoms with Gasteiger partial charge >= 0.3 is 0 Å². The number of rotatable bonds is 6. The number of hydrogen-bond donors (Lipinski definition) is 3. The summed E-state index contributed by atoms with van der Waals surface area (Å²) in [5.41, 5.74) is 8.54. The number of nitrogens with one attached hydrogen (secondary N) is 3. The van der Waals surface area contributed by atoms with Crippen LogP contribution in [0.1, 0.15) is 85.2 Å². The average molecular weight is 582 g/mol. The first-order valence-corrected chi connectivity index (χ1v) is 13.6. The number of carbonyl (C=O) groups excluding carboxylic acids is 3. The number of aryl methyl sites for hydroxylation is 6. The van der Waals surface area contributed by atoms with Crippen LogP contribution in [-0.2, 0) is 19.3 Å².